The predicted octanol–water partition coefficient (Wildman–Crippen LogP) is 2.82. The number of hydrogen-bond donors (Lipinski definition) is 1. The molecule has 1 aliphatic rings. The van der Waals surface area contributed by atoms with E-state index in [-0.39, 0.29) is 0 Å². The molecule has 1 aromatic rings. The quantitative estimate of drug-likeness (QED) is 0.876. The Balaban J connectivity index is 2.07. The van der Waals surface area contributed by atoms with Crippen molar-refractivity contribution in [1.29, 1.82) is 0 Å². The highest BCUT2D eigenvalue weighted by Gasteiger charge is 2.22. The summed E-state index contributed by atoms with van der Waals surface area (Å²) in [5.74, 6) is 0. The highest BCUT2D eigenvalue weighted by Crippen LogP contribution is 2.28. The first-order valence-corrected chi connectivity index (χ1v) is 8.54. The van der Waals surface area contributed by atoms with Crippen molar-refractivity contribution in [2.75, 3.05) is 24.6 Å². The third kappa shape index (κ3) is 3.93. The molecule has 114 valence electrons. The van der Waals surface area contributed by atoms with Crippen LogP contribution in [0.25, 0.3) is 0 Å². The molecule has 0 amide bonds. The van der Waals surface area contributed by atoms with E-state index < -0.39 is 0 Å². The molecule has 1 N–H and O–H groups in total. The molecule has 1 saturated heterocycles. The van der Waals surface area contributed by atoms with Crippen molar-refractivity contribution in [1.82, 2.24) is 10.3 Å². The molecule has 1 atom stereocenters. The van der Waals surface area contributed by atoms with Gasteiger partial charge in [-0.2, -0.15) is 0 Å². The molecule has 0 bridgehead atoms. The lowest BCUT2D eigenvalue weighted by molar-refractivity contribution is 0.0384. The SMILES string of the molecule is CCc1nc(N2CCOC(CC)C2)sc1CNC(C)C. The fourth-order valence-electron chi connectivity index (χ4n) is 2.36. The number of hydrogen-bond acceptors (Lipinski definition) is 5. The van der Waals surface area contributed by atoms with E-state index in [1.807, 2.05) is 11.3 Å². The molecule has 0 saturated carbocycles. The number of thiazole rings is 1. The van der Waals surface area contributed by atoms with Crippen LogP contribution in [0.5, 0.6) is 0 Å². The molecule has 1 aliphatic heterocycles. The fourth-order valence-corrected chi connectivity index (χ4v) is 3.49. The van der Waals surface area contributed by atoms with Crippen LogP contribution < -0.4 is 10.2 Å². The number of ether oxygens (including phenoxy) is 1. The number of anilines is 1. The van der Waals surface area contributed by atoms with Gasteiger partial charge >= 0.3 is 0 Å². The van der Waals surface area contributed by atoms with Crippen LogP contribution in [0, 0.1) is 0 Å². The summed E-state index contributed by atoms with van der Waals surface area (Å²) in [5, 5.41) is 4.67. The zero-order chi connectivity index (χ0) is 14.5. The van der Waals surface area contributed by atoms with Crippen LogP contribution in [-0.2, 0) is 17.7 Å². The molecule has 0 radical (unpaired) electrons. The van der Waals surface area contributed by atoms with Gasteiger partial charge in [-0.3, -0.25) is 0 Å². The smallest absolute Gasteiger partial charge is 0.185 e. The van der Waals surface area contributed by atoms with Gasteiger partial charge in [-0.15, -0.1) is 11.3 Å². The highest BCUT2D eigenvalue weighted by atomic mass is 32.1. The number of nitrogens with one attached hydrogen (secondary N) is 1. The van der Waals surface area contributed by atoms with Gasteiger partial charge in [-0.05, 0) is 12.8 Å². The summed E-state index contributed by atoms with van der Waals surface area (Å²) in [6, 6.07) is 0.512. The van der Waals surface area contributed by atoms with E-state index in [0.717, 1.165) is 39.1 Å². The van der Waals surface area contributed by atoms with Crippen LogP contribution >= 0.6 is 11.3 Å². The van der Waals surface area contributed by atoms with Gasteiger partial charge in [0.25, 0.3) is 0 Å². The lowest BCUT2D eigenvalue weighted by Crippen LogP contribution is -2.42. The van der Waals surface area contributed by atoms with Gasteiger partial charge in [0.05, 0.1) is 18.4 Å². The van der Waals surface area contributed by atoms with Gasteiger partial charge in [-0.1, -0.05) is 27.7 Å². The van der Waals surface area contributed by atoms with Gasteiger partial charge < -0.3 is 15.0 Å². The summed E-state index contributed by atoms with van der Waals surface area (Å²) in [7, 11) is 0. The Morgan fingerprint density at radius 1 is 1.45 bits per heavy atom. The number of rotatable bonds is 6. The molecule has 1 fully saturated rings. The summed E-state index contributed by atoms with van der Waals surface area (Å²) in [6.07, 6.45) is 2.44. The third-order valence-corrected chi connectivity index (χ3v) is 4.80. The lowest BCUT2D eigenvalue weighted by atomic mass is 10.2. The minimum atomic E-state index is 0.356. The average Bonchev–Trinajstić information content (AvgIpc) is 2.88. The van der Waals surface area contributed by atoms with Gasteiger partial charge in [0, 0.05) is 30.6 Å². The second-order valence-electron chi connectivity index (χ2n) is 5.60. The summed E-state index contributed by atoms with van der Waals surface area (Å²) in [6.45, 7) is 12.4. The maximum absolute atomic E-state index is 5.74. The number of aromatic nitrogens is 1. The molecule has 4 nitrogen and oxygen atoms in total. The first kappa shape index (κ1) is 15.7. The predicted molar refractivity (Wildman–Crippen MR) is 85.7 cm³/mol. The molecular formula is C15H27N3OS. The molecule has 1 aromatic heterocycles. The molecule has 0 aromatic carbocycles. The van der Waals surface area contributed by atoms with Crippen LogP contribution in [0.15, 0.2) is 0 Å². The lowest BCUT2D eigenvalue weighted by Gasteiger charge is -2.32. The normalized spacial score (nSPS) is 19.9. The van der Waals surface area contributed by atoms with Crippen molar-refractivity contribution in [2.24, 2.45) is 0 Å². The second kappa shape index (κ2) is 7.38. The van der Waals surface area contributed by atoms with Gasteiger partial charge in [-0.25, -0.2) is 4.98 Å². The number of aryl methyl sites for hydroxylation is 1. The van der Waals surface area contributed by atoms with Gasteiger partial charge in [0.15, 0.2) is 5.13 Å². The van der Waals surface area contributed by atoms with Crippen molar-refractivity contribution in [3.05, 3.63) is 10.6 Å². The first-order chi connectivity index (χ1) is 9.63. The highest BCUT2D eigenvalue weighted by molar-refractivity contribution is 7.15. The van der Waals surface area contributed by atoms with E-state index in [0.29, 0.717) is 12.1 Å². The van der Waals surface area contributed by atoms with Crippen LogP contribution in [0.1, 0.15) is 44.7 Å². The van der Waals surface area contributed by atoms with E-state index in [2.05, 4.69) is 37.9 Å². The molecule has 5 heteroatoms. The molecule has 0 aliphatic carbocycles. The summed E-state index contributed by atoms with van der Waals surface area (Å²) >= 11 is 1.84. The number of morpholine rings is 1. The van der Waals surface area contributed by atoms with E-state index in [4.69, 9.17) is 9.72 Å². The van der Waals surface area contributed by atoms with Crippen molar-refractivity contribution >= 4 is 16.5 Å². The standard InChI is InChI=1S/C15H27N3OS/c1-5-12-10-18(7-8-19-12)15-17-13(6-2)14(20-15)9-16-11(3)4/h11-12,16H,5-10H2,1-4H3. The Bertz CT molecular complexity index is 419. The Kier molecular flexibility index (Phi) is 5.81. The Morgan fingerprint density at radius 3 is 2.90 bits per heavy atom. The van der Waals surface area contributed by atoms with Gasteiger partial charge in [0.2, 0.25) is 0 Å². The van der Waals surface area contributed by atoms with Crippen molar-refractivity contribution in [2.45, 2.75) is 59.2 Å². The van der Waals surface area contributed by atoms with E-state index in [1.165, 1.54) is 15.7 Å². The second-order valence-corrected chi connectivity index (χ2v) is 6.66. The monoisotopic (exact) mass is 297 g/mol. The fraction of sp³-hybridized carbons (Fsp3) is 0.800. The van der Waals surface area contributed by atoms with E-state index in [1.54, 1.807) is 0 Å². The molecule has 2 heterocycles. The maximum atomic E-state index is 5.74. The zero-order valence-corrected chi connectivity index (χ0v) is 13.9. The number of nitrogens with zero attached hydrogens (tertiary/aromatic N) is 2. The topological polar surface area (TPSA) is 37.4 Å². The zero-order valence-electron chi connectivity index (χ0n) is 13.1. The third-order valence-electron chi connectivity index (χ3n) is 3.64. The van der Waals surface area contributed by atoms with Gasteiger partial charge in [0.1, 0.15) is 0 Å². The summed E-state index contributed by atoms with van der Waals surface area (Å²) < 4.78 is 5.74. The van der Waals surface area contributed by atoms with E-state index >= 15 is 0 Å². The Hall–Kier alpha value is -0.650. The minimum Gasteiger partial charge on any atom is -0.375 e. The van der Waals surface area contributed by atoms with Crippen LogP contribution in [0.4, 0.5) is 5.13 Å². The average molecular weight is 297 g/mol. The molecule has 2 rings (SSSR count). The summed E-state index contributed by atoms with van der Waals surface area (Å²) in [4.78, 5) is 8.62. The maximum Gasteiger partial charge on any atom is 0.185 e. The van der Waals surface area contributed by atoms with E-state index in [9.17, 15) is 0 Å². The van der Waals surface area contributed by atoms with Crippen molar-refractivity contribution in [3.8, 4) is 0 Å². The largest absolute Gasteiger partial charge is 0.375 e. The van der Waals surface area contributed by atoms with Crippen molar-refractivity contribution in [3.63, 3.8) is 0 Å². The Morgan fingerprint density at radius 2 is 2.25 bits per heavy atom. The Labute approximate surface area is 126 Å². The molecule has 20 heavy (non-hydrogen) atoms. The van der Waals surface area contributed by atoms with Crippen molar-refractivity contribution < 1.29 is 4.74 Å². The van der Waals surface area contributed by atoms with Crippen LogP contribution in [0.2, 0.25) is 0 Å². The minimum absolute atomic E-state index is 0.356. The first-order valence-electron chi connectivity index (χ1n) is 7.72. The van der Waals surface area contributed by atoms with Crippen LogP contribution in [-0.4, -0.2) is 36.8 Å². The molecule has 0 spiro atoms. The molecular weight excluding hydrogens is 270 g/mol. The molecule has 1 unspecified atom stereocenters. The summed E-state index contributed by atoms with van der Waals surface area (Å²) in [5.41, 5.74) is 1.25. The van der Waals surface area contributed by atoms with Crippen LogP contribution in [0.3, 0.4) is 0 Å².